The van der Waals surface area contributed by atoms with Gasteiger partial charge in [-0.3, -0.25) is 4.79 Å². The van der Waals surface area contributed by atoms with Gasteiger partial charge in [0.25, 0.3) is 0 Å². The van der Waals surface area contributed by atoms with E-state index in [0.717, 1.165) is 25.9 Å². The average Bonchev–Trinajstić information content (AvgIpc) is 2.04. The Labute approximate surface area is 65.9 Å². The fraction of sp³-hybridized carbons (Fsp3) is 0.625. The molecule has 0 saturated carbocycles. The first kappa shape index (κ1) is 6.85. The summed E-state index contributed by atoms with van der Waals surface area (Å²) in [6.07, 6.45) is 2.61. The molecule has 0 aliphatic carbocycles. The predicted molar refractivity (Wildman–Crippen MR) is 41.9 cm³/mol. The van der Waals surface area contributed by atoms with E-state index in [2.05, 4.69) is 10.6 Å². The van der Waals surface area contributed by atoms with Gasteiger partial charge < -0.3 is 10.6 Å². The number of rotatable bonds is 0. The van der Waals surface area contributed by atoms with Crippen molar-refractivity contribution in [2.45, 2.75) is 19.3 Å². The average molecular weight is 152 g/mol. The van der Waals surface area contributed by atoms with E-state index in [-0.39, 0.29) is 5.91 Å². The van der Waals surface area contributed by atoms with Crippen molar-refractivity contribution in [1.29, 1.82) is 0 Å². The highest BCUT2D eigenvalue weighted by molar-refractivity contribution is 5.79. The van der Waals surface area contributed by atoms with Gasteiger partial charge in [-0.2, -0.15) is 0 Å². The number of amides is 1. The Hall–Kier alpha value is -0.830. The molecule has 3 heteroatoms. The fourth-order valence-corrected chi connectivity index (χ4v) is 1.62. The number of hydrogen-bond acceptors (Lipinski definition) is 2. The van der Waals surface area contributed by atoms with Crippen molar-refractivity contribution in [3.05, 3.63) is 11.3 Å². The van der Waals surface area contributed by atoms with Crippen molar-refractivity contribution >= 4 is 5.91 Å². The molecule has 3 nitrogen and oxygen atoms in total. The molecule has 0 saturated heterocycles. The van der Waals surface area contributed by atoms with Crippen LogP contribution >= 0.6 is 0 Å². The monoisotopic (exact) mass is 152 g/mol. The fourth-order valence-electron chi connectivity index (χ4n) is 1.62. The first-order chi connectivity index (χ1) is 5.36. The summed E-state index contributed by atoms with van der Waals surface area (Å²) in [6, 6.07) is 0. The Morgan fingerprint density at radius 2 is 2.09 bits per heavy atom. The third-order valence-corrected chi connectivity index (χ3v) is 2.26. The van der Waals surface area contributed by atoms with Crippen LogP contribution in [0.5, 0.6) is 0 Å². The molecule has 2 heterocycles. The van der Waals surface area contributed by atoms with Gasteiger partial charge in [0, 0.05) is 31.6 Å². The molecule has 2 aliphatic heterocycles. The molecule has 0 aromatic carbocycles. The Morgan fingerprint density at radius 1 is 1.18 bits per heavy atom. The zero-order chi connectivity index (χ0) is 7.68. The maximum atomic E-state index is 11.0. The van der Waals surface area contributed by atoms with E-state index in [1.165, 1.54) is 11.3 Å². The molecule has 2 aliphatic rings. The zero-order valence-corrected chi connectivity index (χ0v) is 6.44. The Bertz CT molecular complexity index is 220. The van der Waals surface area contributed by atoms with Gasteiger partial charge in [-0.25, -0.2) is 0 Å². The minimum atomic E-state index is 0.186. The summed E-state index contributed by atoms with van der Waals surface area (Å²) in [7, 11) is 0. The third-order valence-electron chi connectivity index (χ3n) is 2.26. The normalized spacial score (nSPS) is 24.5. The van der Waals surface area contributed by atoms with E-state index >= 15 is 0 Å². The summed E-state index contributed by atoms with van der Waals surface area (Å²) >= 11 is 0. The van der Waals surface area contributed by atoms with Gasteiger partial charge >= 0.3 is 0 Å². The molecular weight excluding hydrogens is 140 g/mol. The van der Waals surface area contributed by atoms with Crippen molar-refractivity contribution in [1.82, 2.24) is 10.6 Å². The van der Waals surface area contributed by atoms with E-state index in [4.69, 9.17) is 0 Å². The predicted octanol–water partition coefficient (Wildman–Crippen LogP) is 0.144. The highest BCUT2D eigenvalue weighted by Gasteiger charge is 2.19. The van der Waals surface area contributed by atoms with Crippen LogP contribution in [0.4, 0.5) is 0 Å². The van der Waals surface area contributed by atoms with Gasteiger partial charge in [0.05, 0.1) is 0 Å². The van der Waals surface area contributed by atoms with Crippen LogP contribution in [0.15, 0.2) is 11.3 Å². The summed E-state index contributed by atoms with van der Waals surface area (Å²) in [6.45, 7) is 1.97. The molecule has 0 aromatic rings. The second-order valence-corrected chi connectivity index (χ2v) is 3.06. The summed E-state index contributed by atoms with van der Waals surface area (Å²) in [5, 5.41) is 6.21. The number of nitrogens with one attached hydrogen (secondary N) is 2. The van der Waals surface area contributed by atoms with E-state index in [1.807, 2.05) is 0 Å². The van der Waals surface area contributed by atoms with Gasteiger partial charge in [-0.05, 0) is 12.0 Å². The lowest BCUT2D eigenvalue weighted by Crippen LogP contribution is -2.36. The Balaban J connectivity index is 2.18. The Morgan fingerprint density at radius 3 is 3.00 bits per heavy atom. The lowest BCUT2D eigenvalue weighted by Gasteiger charge is -2.25. The van der Waals surface area contributed by atoms with Crippen LogP contribution in [-0.2, 0) is 4.79 Å². The van der Waals surface area contributed by atoms with Crippen molar-refractivity contribution in [2.75, 3.05) is 13.1 Å². The van der Waals surface area contributed by atoms with E-state index in [9.17, 15) is 4.79 Å². The number of carbonyl (C=O) groups is 1. The third kappa shape index (κ3) is 1.28. The number of carbonyl (C=O) groups excluding carboxylic acids is 1. The van der Waals surface area contributed by atoms with Crippen LogP contribution in [0.2, 0.25) is 0 Å². The molecule has 0 bridgehead atoms. The summed E-state index contributed by atoms with van der Waals surface area (Å²) in [5.41, 5.74) is 2.58. The topological polar surface area (TPSA) is 41.1 Å². The smallest absolute Gasteiger partial charge is 0.224 e. The molecule has 2 rings (SSSR count). The first-order valence-corrected chi connectivity index (χ1v) is 4.08. The number of hydrogen-bond donors (Lipinski definition) is 2. The highest BCUT2D eigenvalue weighted by atomic mass is 16.1. The van der Waals surface area contributed by atoms with Crippen molar-refractivity contribution < 1.29 is 4.79 Å². The van der Waals surface area contributed by atoms with Gasteiger partial charge in [0.2, 0.25) is 5.91 Å². The summed E-state index contributed by atoms with van der Waals surface area (Å²) < 4.78 is 0. The molecule has 0 radical (unpaired) electrons. The lowest BCUT2D eigenvalue weighted by atomic mass is 9.99. The minimum absolute atomic E-state index is 0.186. The molecule has 0 atom stereocenters. The van der Waals surface area contributed by atoms with Crippen LogP contribution in [0.3, 0.4) is 0 Å². The van der Waals surface area contributed by atoms with E-state index in [0.29, 0.717) is 6.42 Å². The first-order valence-electron chi connectivity index (χ1n) is 4.08. The highest BCUT2D eigenvalue weighted by Crippen LogP contribution is 2.18. The van der Waals surface area contributed by atoms with E-state index < -0.39 is 0 Å². The molecule has 0 spiro atoms. The molecule has 1 amide bonds. The van der Waals surface area contributed by atoms with Crippen LogP contribution in [0, 0.1) is 0 Å². The van der Waals surface area contributed by atoms with Crippen molar-refractivity contribution in [3.8, 4) is 0 Å². The van der Waals surface area contributed by atoms with E-state index in [1.54, 1.807) is 0 Å². The molecule has 0 aromatic heterocycles. The van der Waals surface area contributed by atoms with Gasteiger partial charge in [0.15, 0.2) is 0 Å². The van der Waals surface area contributed by atoms with Crippen molar-refractivity contribution in [3.63, 3.8) is 0 Å². The zero-order valence-electron chi connectivity index (χ0n) is 6.44. The quantitative estimate of drug-likeness (QED) is 0.518. The largest absolute Gasteiger partial charge is 0.330 e. The van der Waals surface area contributed by atoms with Gasteiger partial charge in [-0.1, -0.05) is 0 Å². The standard InChI is InChI=1S/C8H12N2O/c11-8-2-1-6-5-9-4-3-7(6)10-8/h9H,1-5H2,(H,10,11). The maximum absolute atomic E-state index is 11.0. The van der Waals surface area contributed by atoms with Crippen LogP contribution in [0.25, 0.3) is 0 Å². The summed E-state index contributed by atoms with van der Waals surface area (Å²) in [5.74, 6) is 0.186. The second-order valence-electron chi connectivity index (χ2n) is 3.06. The van der Waals surface area contributed by atoms with Gasteiger partial charge in [-0.15, -0.1) is 0 Å². The van der Waals surface area contributed by atoms with Gasteiger partial charge in [0.1, 0.15) is 0 Å². The summed E-state index contributed by atoms with van der Waals surface area (Å²) in [4.78, 5) is 11.0. The van der Waals surface area contributed by atoms with Crippen LogP contribution in [0.1, 0.15) is 19.3 Å². The lowest BCUT2D eigenvalue weighted by molar-refractivity contribution is -0.120. The second kappa shape index (κ2) is 2.66. The molecule has 0 fully saturated rings. The molecular formula is C8H12N2O. The molecule has 0 unspecified atom stereocenters. The molecule has 60 valence electrons. The van der Waals surface area contributed by atoms with Crippen LogP contribution in [-0.4, -0.2) is 19.0 Å². The SMILES string of the molecule is O=C1CCC2=C(CCNC2)N1. The van der Waals surface area contributed by atoms with Crippen LogP contribution < -0.4 is 10.6 Å². The van der Waals surface area contributed by atoms with Crippen molar-refractivity contribution in [2.24, 2.45) is 0 Å². The minimum Gasteiger partial charge on any atom is -0.330 e. The molecule has 11 heavy (non-hydrogen) atoms. The molecule has 2 N–H and O–H groups in total. The maximum Gasteiger partial charge on any atom is 0.224 e. The Kier molecular flexibility index (Phi) is 1.66.